The van der Waals surface area contributed by atoms with Crippen LogP contribution in [0.5, 0.6) is 0 Å². The molecular weight excluding hydrogens is 639 g/mol. The summed E-state index contributed by atoms with van der Waals surface area (Å²) in [7, 11) is 0. The zero-order chi connectivity index (χ0) is 28.8. The molecule has 1 heterocycles. The van der Waals surface area contributed by atoms with Crippen molar-refractivity contribution in [3.05, 3.63) is 135 Å². The number of hydrogen-bond acceptors (Lipinski definition) is 5. The van der Waals surface area contributed by atoms with Gasteiger partial charge in [-0.25, -0.2) is 5.43 Å². The number of rotatable bonds is 7. The quantitative estimate of drug-likeness (QED) is 0.125. The topological polar surface area (TPSA) is 90.9 Å². The Hall–Kier alpha value is -4.31. The maximum atomic E-state index is 14.3. The van der Waals surface area contributed by atoms with Crippen molar-refractivity contribution in [1.82, 2.24) is 10.3 Å². The SMILES string of the molecule is O=C(CNc1ccc(I)cc1)N/N=C\C12c3ccccc3C(c3ccccc31)[C@H]1C(=O)N(Cc3ccccc3)C(=O)[C@@H]12. The molecule has 0 saturated carbocycles. The third kappa shape index (κ3) is 4.15. The maximum Gasteiger partial charge on any atom is 0.259 e. The highest BCUT2D eigenvalue weighted by molar-refractivity contribution is 14.1. The van der Waals surface area contributed by atoms with Crippen molar-refractivity contribution in [2.75, 3.05) is 11.9 Å². The molecular formula is C34H27IN4O3. The van der Waals surface area contributed by atoms with Crippen LogP contribution in [0.2, 0.25) is 0 Å². The number of halogens is 1. The zero-order valence-corrected chi connectivity index (χ0v) is 24.7. The van der Waals surface area contributed by atoms with Crippen LogP contribution in [0.3, 0.4) is 0 Å². The van der Waals surface area contributed by atoms with E-state index in [1.165, 1.54) is 4.90 Å². The Kier molecular flexibility index (Phi) is 6.65. The van der Waals surface area contributed by atoms with Crippen molar-refractivity contribution in [3.63, 3.8) is 0 Å². The number of carbonyl (C=O) groups excluding carboxylic acids is 3. The van der Waals surface area contributed by atoms with Crippen molar-refractivity contribution >= 4 is 52.2 Å². The minimum absolute atomic E-state index is 0.0362. The normalized spacial score (nSPS) is 23.5. The molecule has 4 aliphatic rings. The summed E-state index contributed by atoms with van der Waals surface area (Å²) in [6.07, 6.45) is 1.69. The molecule has 0 unspecified atom stereocenters. The molecule has 0 spiro atoms. The average molecular weight is 667 g/mol. The highest BCUT2D eigenvalue weighted by Crippen LogP contribution is 2.63. The van der Waals surface area contributed by atoms with E-state index in [0.717, 1.165) is 37.1 Å². The average Bonchev–Trinajstić information content (AvgIpc) is 3.27. The summed E-state index contributed by atoms with van der Waals surface area (Å²) in [4.78, 5) is 42.6. The van der Waals surface area contributed by atoms with E-state index < -0.39 is 17.3 Å². The summed E-state index contributed by atoms with van der Waals surface area (Å²) in [6.45, 7) is 0.258. The lowest BCUT2D eigenvalue weighted by molar-refractivity contribution is -0.140. The molecule has 42 heavy (non-hydrogen) atoms. The molecule has 2 bridgehead atoms. The molecule has 1 aliphatic heterocycles. The standard InChI is InChI=1S/C34H27IN4O3/c35-22-14-16-23(17-15-22)36-18-28(40)38-37-20-34-26-12-6-4-10-24(26)29(25-11-5-7-13-27(25)34)30-31(34)33(42)39(32(30)41)19-21-8-2-1-3-9-21/h1-17,20,29-31,36H,18-19H2,(H,38,40)/b37-20-/t29?,30-,31-,34?/m1/s1. The lowest BCUT2D eigenvalue weighted by Gasteiger charge is -2.52. The monoisotopic (exact) mass is 666 g/mol. The number of anilines is 1. The van der Waals surface area contributed by atoms with E-state index in [-0.39, 0.29) is 36.7 Å². The first kappa shape index (κ1) is 26.6. The second kappa shape index (κ2) is 10.5. The fourth-order valence-electron chi connectivity index (χ4n) is 7.03. The molecule has 8 rings (SSSR count). The fourth-order valence-corrected chi connectivity index (χ4v) is 7.39. The zero-order valence-electron chi connectivity index (χ0n) is 22.5. The van der Waals surface area contributed by atoms with Gasteiger partial charge in [-0.05, 0) is 74.7 Å². The molecule has 1 fully saturated rings. The van der Waals surface area contributed by atoms with Gasteiger partial charge in [0.2, 0.25) is 11.8 Å². The minimum Gasteiger partial charge on any atom is -0.376 e. The Labute approximate surface area is 257 Å². The van der Waals surface area contributed by atoms with Crippen LogP contribution in [-0.4, -0.2) is 35.4 Å². The number of nitrogens with zero attached hydrogens (tertiary/aromatic N) is 2. The molecule has 1 saturated heterocycles. The van der Waals surface area contributed by atoms with E-state index in [2.05, 4.69) is 50.6 Å². The number of likely N-dealkylation sites (tertiary alicyclic amines) is 1. The lowest BCUT2D eigenvalue weighted by Crippen LogP contribution is -2.54. The first-order valence-corrected chi connectivity index (χ1v) is 15.0. The molecule has 0 radical (unpaired) electrons. The molecule has 8 heteroatoms. The van der Waals surface area contributed by atoms with Crippen LogP contribution >= 0.6 is 22.6 Å². The maximum absolute atomic E-state index is 14.3. The highest BCUT2D eigenvalue weighted by atomic mass is 127. The van der Waals surface area contributed by atoms with Crippen LogP contribution in [0.4, 0.5) is 5.69 Å². The van der Waals surface area contributed by atoms with Gasteiger partial charge in [-0.3, -0.25) is 19.3 Å². The molecule has 208 valence electrons. The minimum atomic E-state index is -1.01. The Morgan fingerprint density at radius 1 is 0.833 bits per heavy atom. The summed E-state index contributed by atoms with van der Waals surface area (Å²) < 4.78 is 1.11. The van der Waals surface area contributed by atoms with Crippen molar-refractivity contribution in [1.29, 1.82) is 0 Å². The van der Waals surface area contributed by atoms with Crippen LogP contribution in [0.25, 0.3) is 0 Å². The number of benzene rings is 4. The molecule has 2 atom stereocenters. The summed E-state index contributed by atoms with van der Waals surface area (Å²) in [5.74, 6) is -2.15. The predicted octanol–water partition coefficient (Wildman–Crippen LogP) is 5.05. The van der Waals surface area contributed by atoms with Gasteiger partial charge in [-0.2, -0.15) is 5.10 Å². The van der Waals surface area contributed by atoms with Crippen molar-refractivity contribution in [2.45, 2.75) is 17.9 Å². The summed E-state index contributed by atoms with van der Waals surface area (Å²) >= 11 is 2.23. The van der Waals surface area contributed by atoms with Gasteiger partial charge < -0.3 is 5.32 Å². The largest absolute Gasteiger partial charge is 0.376 e. The van der Waals surface area contributed by atoms with Gasteiger partial charge in [0, 0.05) is 21.4 Å². The van der Waals surface area contributed by atoms with E-state index in [9.17, 15) is 14.4 Å². The van der Waals surface area contributed by atoms with Gasteiger partial charge in [-0.15, -0.1) is 0 Å². The highest BCUT2D eigenvalue weighted by Gasteiger charge is 2.67. The van der Waals surface area contributed by atoms with Crippen LogP contribution in [-0.2, 0) is 26.3 Å². The number of carbonyl (C=O) groups is 3. The Bertz CT molecular complexity index is 1690. The predicted molar refractivity (Wildman–Crippen MR) is 169 cm³/mol. The number of nitrogens with one attached hydrogen (secondary N) is 2. The van der Waals surface area contributed by atoms with Crippen LogP contribution in [0.1, 0.15) is 33.7 Å². The fraction of sp³-hybridized carbons (Fsp3) is 0.176. The third-order valence-corrected chi connectivity index (χ3v) is 9.43. The van der Waals surface area contributed by atoms with E-state index in [1.54, 1.807) is 6.21 Å². The second-order valence-corrected chi connectivity index (χ2v) is 12.2. The number of hydrogen-bond donors (Lipinski definition) is 2. The number of hydrazone groups is 1. The van der Waals surface area contributed by atoms with Crippen LogP contribution < -0.4 is 10.7 Å². The number of amides is 3. The van der Waals surface area contributed by atoms with Crippen LogP contribution in [0, 0.1) is 15.4 Å². The summed E-state index contributed by atoms with van der Waals surface area (Å²) in [5.41, 5.74) is 7.34. The Morgan fingerprint density at radius 3 is 2.12 bits per heavy atom. The Morgan fingerprint density at radius 2 is 1.45 bits per heavy atom. The van der Waals surface area contributed by atoms with Gasteiger partial charge in [0.25, 0.3) is 5.91 Å². The second-order valence-electron chi connectivity index (χ2n) is 10.9. The Balaban J connectivity index is 1.26. The van der Waals surface area contributed by atoms with E-state index in [4.69, 9.17) is 0 Å². The van der Waals surface area contributed by atoms with Crippen molar-refractivity contribution in [2.24, 2.45) is 16.9 Å². The van der Waals surface area contributed by atoms with Gasteiger partial charge in [0.05, 0.1) is 30.3 Å². The summed E-state index contributed by atoms with van der Waals surface area (Å²) in [5, 5.41) is 7.57. The molecule has 4 aromatic rings. The third-order valence-electron chi connectivity index (χ3n) is 8.71. The smallest absolute Gasteiger partial charge is 0.259 e. The van der Waals surface area contributed by atoms with Gasteiger partial charge in [0.15, 0.2) is 0 Å². The molecule has 7 nitrogen and oxygen atoms in total. The van der Waals surface area contributed by atoms with Gasteiger partial charge in [-0.1, -0.05) is 78.9 Å². The first-order chi connectivity index (χ1) is 20.5. The van der Waals surface area contributed by atoms with Crippen molar-refractivity contribution < 1.29 is 14.4 Å². The lowest BCUT2D eigenvalue weighted by atomic mass is 9.47. The number of imide groups is 1. The first-order valence-electron chi connectivity index (χ1n) is 13.9. The van der Waals surface area contributed by atoms with Crippen LogP contribution in [0.15, 0.2) is 108 Å². The van der Waals surface area contributed by atoms with E-state index >= 15 is 0 Å². The molecule has 3 aliphatic carbocycles. The molecule has 0 aromatic heterocycles. The van der Waals surface area contributed by atoms with E-state index in [0.29, 0.717) is 0 Å². The summed E-state index contributed by atoms with van der Waals surface area (Å²) in [6, 6.07) is 33.4. The van der Waals surface area contributed by atoms with Gasteiger partial charge >= 0.3 is 0 Å². The molecule has 2 N–H and O–H groups in total. The molecule has 3 amide bonds. The van der Waals surface area contributed by atoms with E-state index in [1.807, 2.05) is 91.0 Å². The van der Waals surface area contributed by atoms with Crippen molar-refractivity contribution in [3.8, 4) is 0 Å². The molecule has 4 aromatic carbocycles. The van der Waals surface area contributed by atoms with Gasteiger partial charge in [0.1, 0.15) is 0 Å².